The van der Waals surface area contributed by atoms with Crippen LogP contribution in [-0.2, 0) is 27.6 Å². The van der Waals surface area contributed by atoms with Crippen LogP contribution in [0.4, 0.5) is 0 Å². The van der Waals surface area contributed by atoms with Crippen molar-refractivity contribution in [2.75, 3.05) is 13.2 Å². The van der Waals surface area contributed by atoms with Crippen LogP contribution in [0.5, 0.6) is 0 Å². The first-order chi connectivity index (χ1) is 18.2. The molecule has 39 heavy (non-hydrogen) atoms. The first kappa shape index (κ1) is 36.0. The molecular weight excluding hydrogens is 596 g/mol. The normalized spacial score (nSPS) is 13.8. The van der Waals surface area contributed by atoms with Gasteiger partial charge in [0.2, 0.25) is 0 Å². The number of hydrogen-bond acceptors (Lipinski definition) is 6. The lowest BCUT2D eigenvalue weighted by Gasteiger charge is -2.29. The molecule has 0 aliphatic heterocycles. The number of aromatic nitrogens is 2. The fourth-order valence-electron chi connectivity index (χ4n) is 3.73. The van der Waals surface area contributed by atoms with Crippen LogP contribution in [0.25, 0.3) is 0 Å². The molecule has 11 heteroatoms. The summed E-state index contributed by atoms with van der Waals surface area (Å²) >= 11 is 2.19. The summed E-state index contributed by atoms with van der Waals surface area (Å²) in [5.74, 6) is 0.00360. The summed E-state index contributed by atoms with van der Waals surface area (Å²) in [7, 11) is -1.27. The standard InChI is InChI=1S/C28H51BrN4O4SSi/c1-9-11-15-18-30-26(35)24-25(33(27(29)31-24)21-37-19-20-39(6,7)8)23(32-38(36)28(3,4)5)17-14-12-13-16-22(34)10-2/h9,23,32H,1,10-21H2,2-8H3,(H,30,35)/t23?,38-/m1/s1. The summed E-state index contributed by atoms with van der Waals surface area (Å²) in [6.07, 6.45) is 7.72. The lowest BCUT2D eigenvalue weighted by Crippen LogP contribution is -2.42. The first-order valence-electron chi connectivity index (χ1n) is 14.1. The van der Waals surface area contributed by atoms with Crippen molar-refractivity contribution in [1.29, 1.82) is 0 Å². The molecule has 1 amide bonds. The van der Waals surface area contributed by atoms with Crippen molar-refractivity contribution < 1.29 is 18.9 Å². The fourth-order valence-corrected chi connectivity index (χ4v) is 5.80. The Morgan fingerprint density at radius 1 is 1.23 bits per heavy atom. The Bertz CT molecular complexity index is 915. The molecule has 0 fully saturated rings. The Hall–Kier alpha value is -0.983. The van der Waals surface area contributed by atoms with Crippen LogP contribution in [0.1, 0.15) is 101 Å². The van der Waals surface area contributed by atoms with Crippen molar-refractivity contribution in [1.82, 2.24) is 19.6 Å². The van der Waals surface area contributed by atoms with Gasteiger partial charge in [-0.25, -0.2) is 4.98 Å². The zero-order chi connectivity index (χ0) is 29.6. The number of allylic oxidation sites excluding steroid dienone is 1. The van der Waals surface area contributed by atoms with Crippen LogP contribution in [0, 0.1) is 0 Å². The van der Waals surface area contributed by atoms with E-state index in [1.165, 1.54) is 0 Å². The third-order valence-corrected chi connectivity index (χ3v) is 10.2. The zero-order valence-corrected chi connectivity index (χ0v) is 28.6. The van der Waals surface area contributed by atoms with Crippen LogP contribution in [-0.4, -0.2) is 51.8 Å². The summed E-state index contributed by atoms with van der Waals surface area (Å²) < 4.78 is 24.5. The second kappa shape index (κ2) is 17.7. The van der Waals surface area contributed by atoms with E-state index in [1.54, 1.807) is 0 Å². The van der Waals surface area contributed by atoms with Gasteiger partial charge in [0.05, 0.1) is 11.7 Å². The van der Waals surface area contributed by atoms with Gasteiger partial charge in [-0.1, -0.05) is 45.5 Å². The topological polar surface area (TPSA) is 108 Å². The Morgan fingerprint density at radius 3 is 2.51 bits per heavy atom. The van der Waals surface area contributed by atoms with Crippen LogP contribution < -0.4 is 10.0 Å². The number of nitrogens with zero attached hydrogens (tertiary/aromatic N) is 2. The number of carbonyl (C=O) groups excluding carboxylic acids is 2. The smallest absolute Gasteiger partial charge is 0.271 e. The van der Waals surface area contributed by atoms with E-state index in [1.807, 2.05) is 38.3 Å². The first-order valence-corrected chi connectivity index (χ1v) is 19.8. The predicted octanol–water partition coefficient (Wildman–Crippen LogP) is 6.68. The molecule has 1 unspecified atom stereocenters. The summed E-state index contributed by atoms with van der Waals surface area (Å²) in [5, 5.41) is 2.98. The van der Waals surface area contributed by atoms with E-state index in [-0.39, 0.29) is 24.5 Å². The maximum atomic E-state index is 13.3. The Labute approximate surface area is 249 Å². The maximum absolute atomic E-state index is 13.3. The molecule has 224 valence electrons. The maximum Gasteiger partial charge on any atom is 0.271 e. The van der Waals surface area contributed by atoms with Crippen LogP contribution >= 0.6 is 15.9 Å². The number of rotatable bonds is 20. The molecule has 1 aromatic rings. The Kier molecular flexibility index (Phi) is 16.4. The van der Waals surface area contributed by atoms with E-state index < -0.39 is 24.2 Å². The number of imidazole rings is 1. The van der Waals surface area contributed by atoms with Gasteiger partial charge in [-0.3, -0.25) is 14.2 Å². The van der Waals surface area contributed by atoms with Crippen LogP contribution in [0.15, 0.2) is 17.4 Å². The highest BCUT2D eigenvalue weighted by Gasteiger charge is 2.34. The van der Waals surface area contributed by atoms with Gasteiger partial charge in [-0.05, 0) is 68.4 Å². The predicted molar refractivity (Wildman–Crippen MR) is 168 cm³/mol. The molecule has 2 N–H and O–H groups in total. The zero-order valence-electron chi connectivity index (χ0n) is 25.2. The van der Waals surface area contributed by atoms with Gasteiger partial charge in [-0.2, -0.15) is 0 Å². The lowest BCUT2D eigenvalue weighted by atomic mass is 10.0. The molecule has 1 rings (SSSR count). The fraction of sp³-hybridized carbons (Fsp3) is 0.750. The summed E-state index contributed by atoms with van der Waals surface area (Å²) in [5.41, 5.74) is 0.970. The van der Waals surface area contributed by atoms with Crippen molar-refractivity contribution in [2.24, 2.45) is 0 Å². The quantitative estimate of drug-likeness (QED) is 0.0708. The Morgan fingerprint density at radius 2 is 1.92 bits per heavy atom. The van der Waals surface area contributed by atoms with E-state index in [4.69, 9.17) is 4.74 Å². The molecule has 0 spiro atoms. The molecule has 2 atom stereocenters. The van der Waals surface area contributed by atoms with E-state index in [0.29, 0.717) is 48.5 Å². The molecule has 0 bridgehead atoms. The van der Waals surface area contributed by atoms with E-state index in [2.05, 4.69) is 57.2 Å². The highest BCUT2D eigenvalue weighted by Crippen LogP contribution is 2.30. The monoisotopic (exact) mass is 646 g/mol. The molecule has 0 aliphatic rings. The van der Waals surface area contributed by atoms with Gasteiger partial charge < -0.3 is 14.6 Å². The van der Waals surface area contributed by atoms with Crippen molar-refractivity contribution in [3.8, 4) is 0 Å². The van der Waals surface area contributed by atoms with Crippen molar-refractivity contribution in [3.05, 3.63) is 28.8 Å². The second-order valence-electron chi connectivity index (χ2n) is 12.1. The highest BCUT2D eigenvalue weighted by molar-refractivity contribution is 9.10. The van der Waals surface area contributed by atoms with Gasteiger partial charge >= 0.3 is 0 Å². The third kappa shape index (κ3) is 14.0. The number of hydrogen-bond donors (Lipinski definition) is 2. The second-order valence-corrected chi connectivity index (χ2v) is 20.4. The van der Waals surface area contributed by atoms with E-state index in [0.717, 1.165) is 38.1 Å². The number of ketones is 1. The minimum absolute atomic E-state index is 0.239. The van der Waals surface area contributed by atoms with Crippen molar-refractivity contribution in [2.45, 2.75) is 122 Å². The highest BCUT2D eigenvalue weighted by atomic mass is 79.9. The average molecular weight is 648 g/mol. The van der Waals surface area contributed by atoms with Gasteiger partial charge in [0, 0.05) is 45.4 Å². The lowest BCUT2D eigenvalue weighted by molar-refractivity contribution is -0.118. The molecule has 0 aromatic carbocycles. The Balaban J connectivity index is 3.30. The minimum Gasteiger partial charge on any atom is -0.598 e. The van der Waals surface area contributed by atoms with Gasteiger partial charge in [0.15, 0.2) is 10.4 Å². The number of carbonyl (C=O) groups is 2. The molecule has 8 nitrogen and oxygen atoms in total. The largest absolute Gasteiger partial charge is 0.598 e. The molecule has 1 aromatic heterocycles. The number of ether oxygens (including phenoxy) is 1. The third-order valence-electron chi connectivity index (χ3n) is 6.24. The molecule has 1 heterocycles. The van der Waals surface area contributed by atoms with Crippen LogP contribution in [0.3, 0.4) is 0 Å². The molecule has 0 aliphatic carbocycles. The van der Waals surface area contributed by atoms with Gasteiger partial charge in [0.25, 0.3) is 5.91 Å². The molecule has 0 radical (unpaired) electrons. The van der Waals surface area contributed by atoms with Crippen molar-refractivity contribution in [3.63, 3.8) is 0 Å². The number of nitrogens with one attached hydrogen (secondary N) is 2. The van der Waals surface area contributed by atoms with Crippen LogP contribution in [0.2, 0.25) is 25.7 Å². The average Bonchev–Trinajstić information content (AvgIpc) is 3.17. The number of halogens is 1. The number of amides is 1. The molecular formula is C28H51BrN4O4SSi. The molecule has 0 saturated heterocycles. The van der Waals surface area contributed by atoms with E-state index in [9.17, 15) is 14.1 Å². The summed E-state index contributed by atoms with van der Waals surface area (Å²) in [4.78, 5) is 29.7. The van der Waals surface area contributed by atoms with Gasteiger partial charge in [0.1, 0.15) is 17.3 Å². The molecule has 0 saturated carbocycles. The number of unbranched alkanes of at least 4 members (excludes halogenated alkanes) is 3. The SMILES string of the molecule is C=CCCCNC(=O)c1nc(Br)n(COCC[Si](C)(C)C)c1C(CCCCCC(=O)CC)N[S@+]([O-])C(C)(C)C. The minimum atomic E-state index is -1.37. The van der Waals surface area contributed by atoms with E-state index >= 15 is 0 Å². The number of Topliss-reactive ketones (excluding diaryl/α,β-unsaturated/α-hetero) is 1. The summed E-state index contributed by atoms with van der Waals surface area (Å²) in [6, 6.07) is 0.637. The summed E-state index contributed by atoms with van der Waals surface area (Å²) in [6.45, 7) is 19.7. The van der Waals surface area contributed by atoms with Gasteiger partial charge in [-0.15, -0.1) is 11.3 Å². The van der Waals surface area contributed by atoms with Crippen molar-refractivity contribution >= 4 is 47.1 Å².